The molecule has 0 unspecified atom stereocenters. The van der Waals surface area contributed by atoms with Crippen LogP contribution >= 0.6 is 0 Å². The predicted octanol–water partition coefficient (Wildman–Crippen LogP) is 2.50. The summed E-state index contributed by atoms with van der Waals surface area (Å²) in [6, 6.07) is 3.66. The van der Waals surface area contributed by atoms with Crippen LogP contribution in [0.15, 0.2) is 34.0 Å². The maximum absolute atomic E-state index is 13.3. The molecule has 30 heavy (non-hydrogen) atoms. The van der Waals surface area contributed by atoms with Crippen LogP contribution in [-0.2, 0) is 35.7 Å². The summed E-state index contributed by atoms with van der Waals surface area (Å²) in [4.78, 5) is 11.8. The van der Waals surface area contributed by atoms with Gasteiger partial charge < -0.3 is 0 Å². The van der Waals surface area contributed by atoms with Gasteiger partial charge in [0.2, 0.25) is 10.0 Å². The van der Waals surface area contributed by atoms with Crippen molar-refractivity contribution >= 4 is 10.0 Å². The molecule has 1 saturated carbocycles. The lowest BCUT2D eigenvalue weighted by Gasteiger charge is -2.27. The second kappa shape index (κ2) is 7.52. The fourth-order valence-electron chi connectivity index (χ4n) is 3.92. The molecule has 2 heterocycles. The molecule has 1 aromatic heterocycles. The first-order valence-corrected chi connectivity index (χ1v) is 11.3. The quantitative estimate of drug-likeness (QED) is 0.710. The molecule has 1 atom stereocenters. The second-order valence-corrected chi connectivity index (χ2v) is 9.94. The van der Waals surface area contributed by atoms with E-state index in [0.717, 1.165) is 29.3 Å². The maximum atomic E-state index is 13.3. The maximum Gasteiger partial charge on any atom is 0.417 e. The summed E-state index contributed by atoms with van der Waals surface area (Å²) >= 11 is 0. The molecule has 0 spiro atoms. The van der Waals surface area contributed by atoms with Gasteiger partial charge in [-0.25, -0.2) is 17.9 Å². The van der Waals surface area contributed by atoms with E-state index in [1.165, 1.54) is 23.9 Å². The van der Waals surface area contributed by atoms with Crippen LogP contribution in [0.1, 0.15) is 37.1 Å². The highest BCUT2D eigenvalue weighted by atomic mass is 32.2. The Balaban J connectivity index is 1.56. The van der Waals surface area contributed by atoms with Crippen LogP contribution in [0.4, 0.5) is 13.2 Å². The molecule has 4 rings (SSSR count). The number of halogens is 3. The van der Waals surface area contributed by atoms with Gasteiger partial charge in [0.1, 0.15) is 5.82 Å². The molecular formula is C19H23F3N4O3S. The van der Waals surface area contributed by atoms with Crippen molar-refractivity contribution in [3.8, 4) is 0 Å². The Morgan fingerprint density at radius 1 is 1.17 bits per heavy atom. The van der Waals surface area contributed by atoms with E-state index >= 15 is 0 Å². The third kappa shape index (κ3) is 3.92. The summed E-state index contributed by atoms with van der Waals surface area (Å²) in [7, 11) is -3.07. The van der Waals surface area contributed by atoms with Crippen molar-refractivity contribution in [2.24, 2.45) is 5.92 Å². The first-order valence-electron chi connectivity index (χ1n) is 9.90. The molecule has 1 aliphatic carbocycles. The van der Waals surface area contributed by atoms with Crippen molar-refractivity contribution in [2.75, 3.05) is 7.05 Å². The fourth-order valence-corrected chi connectivity index (χ4v) is 5.54. The molecule has 1 aromatic carbocycles. The number of hydrogen-bond donors (Lipinski definition) is 0. The molecule has 11 heteroatoms. The summed E-state index contributed by atoms with van der Waals surface area (Å²) in [5.74, 6) is 1.10. The van der Waals surface area contributed by atoms with Crippen LogP contribution in [0.25, 0.3) is 0 Å². The highest BCUT2D eigenvalue weighted by Gasteiger charge is 2.40. The van der Waals surface area contributed by atoms with E-state index in [1.54, 1.807) is 4.57 Å². The zero-order chi connectivity index (χ0) is 21.7. The molecule has 0 N–H and O–H groups in total. The van der Waals surface area contributed by atoms with Crippen LogP contribution in [0, 0.1) is 5.92 Å². The van der Waals surface area contributed by atoms with Gasteiger partial charge in [0, 0.05) is 32.6 Å². The summed E-state index contributed by atoms with van der Waals surface area (Å²) in [5.41, 5.74) is -1.38. The van der Waals surface area contributed by atoms with Gasteiger partial charge in [-0.3, -0.25) is 4.57 Å². The predicted molar refractivity (Wildman–Crippen MR) is 102 cm³/mol. The fraction of sp³-hybridized carbons (Fsp3) is 0.579. The summed E-state index contributed by atoms with van der Waals surface area (Å²) in [6.07, 6.45) is -1.49. The molecule has 0 amide bonds. The van der Waals surface area contributed by atoms with Crippen LogP contribution in [0.3, 0.4) is 0 Å². The normalized spacial score (nSPS) is 20.2. The van der Waals surface area contributed by atoms with E-state index < -0.39 is 32.7 Å². The molecular weight excluding hydrogens is 421 g/mol. The SMILES string of the molecule is CN([C@H]1CCc2nn(CC3CC3)c(=O)n2CC1)S(=O)(=O)c1ccccc1C(F)(F)F. The number of nitrogens with zero attached hydrogens (tertiary/aromatic N) is 4. The largest absolute Gasteiger partial charge is 0.417 e. The van der Waals surface area contributed by atoms with Crippen molar-refractivity contribution in [2.45, 2.75) is 62.3 Å². The van der Waals surface area contributed by atoms with E-state index in [9.17, 15) is 26.4 Å². The Bertz CT molecular complexity index is 1100. The molecule has 0 bridgehead atoms. The zero-order valence-electron chi connectivity index (χ0n) is 16.5. The van der Waals surface area contributed by atoms with Gasteiger partial charge in [-0.2, -0.15) is 22.6 Å². The van der Waals surface area contributed by atoms with Crippen LogP contribution < -0.4 is 5.69 Å². The minimum atomic E-state index is -4.77. The molecule has 0 radical (unpaired) electrons. The highest BCUT2D eigenvalue weighted by Crippen LogP contribution is 2.36. The van der Waals surface area contributed by atoms with Gasteiger partial charge in [0.25, 0.3) is 0 Å². The van der Waals surface area contributed by atoms with E-state index in [4.69, 9.17) is 0 Å². The van der Waals surface area contributed by atoms with Crippen molar-refractivity contribution in [3.05, 3.63) is 46.1 Å². The highest BCUT2D eigenvalue weighted by molar-refractivity contribution is 7.89. The number of benzene rings is 1. The standard InChI is InChI=1S/C19H23F3N4O3S/c1-24(30(28,29)16-5-3-2-4-15(16)19(20,21)22)14-8-9-17-23-26(12-13-6-7-13)18(27)25(17)11-10-14/h2-5,13-14H,6-12H2,1H3/t14-/m0/s1. The van der Waals surface area contributed by atoms with E-state index in [-0.39, 0.29) is 12.2 Å². The van der Waals surface area contributed by atoms with Crippen LogP contribution in [0.5, 0.6) is 0 Å². The number of aryl methyl sites for hydroxylation is 1. The number of fused-ring (bicyclic) bond motifs is 1. The number of sulfonamides is 1. The van der Waals surface area contributed by atoms with Gasteiger partial charge >= 0.3 is 11.9 Å². The van der Waals surface area contributed by atoms with Crippen LogP contribution in [0.2, 0.25) is 0 Å². The second-order valence-electron chi connectivity index (χ2n) is 7.97. The van der Waals surface area contributed by atoms with Crippen molar-refractivity contribution in [3.63, 3.8) is 0 Å². The summed E-state index contributed by atoms with van der Waals surface area (Å²) < 4.78 is 70.1. The lowest BCUT2D eigenvalue weighted by molar-refractivity contribution is -0.139. The lowest BCUT2D eigenvalue weighted by atomic mass is 10.1. The van der Waals surface area contributed by atoms with Gasteiger partial charge in [0.15, 0.2) is 0 Å². The van der Waals surface area contributed by atoms with Gasteiger partial charge in [-0.1, -0.05) is 12.1 Å². The molecule has 1 aliphatic heterocycles. The average Bonchev–Trinajstić information content (AvgIpc) is 3.49. The van der Waals surface area contributed by atoms with Crippen molar-refractivity contribution < 1.29 is 21.6 Å². The van der Waals surface area contributed by atoms with Gasteiger partial charge in [-0.15, -0.1) is 0 Å². The Labute approximate surface area is 172 Å². The first kappa shape index (κ1) is 21.1. The summed E-state index contributed by atoms with van der Waals surface area (Å²) in [6.45, 7) is 0.884. The smallest absolute Gasteiger partial charge is 0.279 e. The Morgan fingerprint density at radius 2 is 1.87 bits per heavy atom. The summed E-state index contributed by atoms with van der Waals surface area (Å²) in [5, 5.41) is 4.40. The lowest BCUT2D eigenvalue weighted by Crippen LogP contribution is -2.38. The molecule has 0 saturated heterocycles. The third-order valence-corrected chi connectivity index (χ3v) is 7.85. The van der Waals surface area contributed by atoms with E-state index in [0.29, 0.717) is 37.5 Å². The Morgan fingerprint density at radius 3 is 2.53 bits per heavy atom. The van der Waals surface area contributed by atoms with Gasteiger partial charge in [-0.05, 0) is 43.7 Å². The molecule has 2 aliphatic rings. The van der Waals surface area contributed by atoms with Gasteiger partial charge in [0.05, 0.1) is 10.5 Å². The van der Waals surface area contributed by atoms with Crippen molar-refractivity contribution in [1.29, 1.82) is 0 Å². The Hall–Kier alpha value is -2.14. The third-order valence-electron chi connectivity index (χ3n) is 5.88. The molecule has 1 fully saturated rings. The number of alkyl halides is 3. The number of hydrogen-bond acceptors (Lipinski definition) is 4. The van der Waals surface area contributed by atoms with Crippen molar-refractivity contribution in [1.82, 2.24) is 18.7 Å². The Kier molecular flexibility index (Phi) is 5.29. The first-order chi connectivity index (χ1) is 14.1. The zero-order valence-corrected chi connectivity index (χ0v) is 17.3. The number of rotatable bonds is 5. The monoisotopic (exact) mass is 444 g/mol. The average molecular weight is 444 g/mol. The molecule has 2 aromatic rings. The van der Waals surface area contributed by atoms with Crippen LogP contribution in [-0.4, -0.2) is 40.2 Å². The minimum Gasteiger partial charge on any atom is -0.279 e. The van der Waals surface area contributed by atoms with E-state index in [2.05, 4.69) is 5.10 Å². The molecule has 164 valence electrons. The number of aromatic nitrogens is 3. The molecule has 7 nitrogen and oxygen atoms in total. The topological polar surface area (TPSA) is 77.2 Å². The minimum absolute atomic E-state index is 0.203. The van der Waals surface area contributed by atoms with E-state index in [1.807, 2.05) is 0 Å².